The standard InChI is InChI=1S/C16H27N3O/c1-3-11-19(14-7-5-9-17-13-14)16-15(20-12-4-2)8-6-10-18-16/h6,8,10,14,17H,3-5,7,9,11-13H2,1-2H3. The fourth-order valence-corrected chi connectivity index (χ4v) is 2.72. The van der Waals surface area contributed by atoms with Crippen molar-refractivity contribution in [1.29, 1.82) is 0 Å². The molecule has 1 fully saturated rings. The summed E-state index contributed by atoms with van der Waals surface area (Å²) >= 11 is 0. The molecule has 0 spiro atoms. The van der Waals surface area contributed by atoms with E-state index in [4.69, 9.17) is 4.74 Å². The summed E-state index contributed by atoms with van der Waals surface area (Å²) in [6, 6.07) is 4.52. The maximum absolute atomic E-state index is 5.88. The van der Waals surface area contributed by atoms with Crippen molar-refractivity contribution in [2.45, 2.75) is 45.6 Å². The molecule has 1 aromatic heterocycles. The number of hydrogen-bond acceptors (Lipinski definition) is 4. The van der Waals surface area contributed by atoms with Gasteiger partial charge in [-0.3, -0.25) is 0 Å². The van der Waals surface area contributed by atoms with Crippen LogP contribution in [0.5, 0.6) is 5.75 Å². The van der Waals surface area contributed by atoms with Crippen LogP contribution in [0.2, 0.25) is 0 Å². The maximum atomic E-state index is 5.88. The van der Waals surface area contributed by atoms with Crippen LogP contribution in [0.4, 0.5) is 5.82 Å². The summed E-state index contributed by atoms with van der Waals surface area (Å²) in [6.45, 7) is 8.32. The average molecular weight is 277 g/mol. The zero-order valence-electron chi connectivity index (χ0n) is 12.8. The number of pyridine rings is 1. The lowest BCUT2D eigenvalue weighted by Gasteiger charge is -2.36. The minimum absolute atomic E-state index is 0.530. The van der Waals surface area contributed by atoms with Gasteiger partial charge in [0.15, 0.2) is 11.6 Å². The zero-order valence-corrected chi connectivity index (χ0v) is 12.8. The molecular formula is C16H27N3O. The molecule has 1 unspecified atom stereocenters. The molecule has 112 valence electrons. The summed E-state index contributed by atoms with van der Waals surface area (Å²) in [5.41, 5.74) is 0. The molecule has 4 heteroatoms. The molecule has 1 saturated heterocycles. The molecule has 20 heavy (non-hydrogen) atoms. The molecule has 0 amide bonds. The van der Waals surface area contributed by atoms with Gasteiger partial charge in [0.05, 0.1) is 6.61 Å². The molecule has 4 nitrogen and oxygen atoms in total. The highest BCUT2D eigenvalue weighted by atomic mass is 16.5. The van der Waals surface area contributed by atoms with Gasteiger partial charge in [-0.15, -0.1) is 0 Å². The molecule has 2 heterocycles. The van der Waals surface area contributed by atoms with Gasteiger partial charge in [-0.2, -0.15) is 0 Å². The van der Waals surface area contributed by atoms with Gasteiger partial charge >= 0.3 is 0 Å². The van der Waals surface area contributed by atoms with E-state index >= 15 is 0 Å². The van der Waals surface area contributed by atoms with E-state index in [0.29, 0.717) is 6.04 Å². The van der Waals surface area contributed by atoms with Crippen molar-refractivity contribution in [3.05, 3.63) is 18.3 Å². The Kier molecular flexibility index (Phi) is 6.12. The van der Waals surface area contributed by atoms with Gasteiger partial charge in [0.2, 0.25) is 0 Å². The molecule has 1 aromatic rings. The van der Waals surface area contributed by atoms with Crippen LogP contribution in [0.1, 0.15) is 39.5 Å². The first-order valence-corrected chi connectivity index (χ1v) is 7.92. The number of hydrogen-bond donors (Lipinski definition) is 1. The predicted molar refractivity (Wildman–Crippen MR) is 83.6 cm³/mol. The van der Waals surface area contributed by atoms with Crippen molar-refractivity contribution in [3.8, 4) is 5.75 Å². The minimum atomic E-state index is 0.530. The summed E-state index contributed by atoms with van der Waals surface area (Å²) < 4.78 is 5.88. The number of rotatable bonds is 7. The Morgan fingerprint density at radius 3 is 3.00 bits per heavy atom. The molecule has 1 aliphatic heterocycles. The molecule has 0 radical (unpaired) electrons. The summed E-state index contributed by atoms with van der Waals surface area (Å²) in [7, 11) is 0. The van der Waals surface area contributed by atoms with Crippen molar-refractivity contribution in [1.82, 2.24) is 10.3 Å². The molecule has 1 atom stereocenters. The number of aromatic nitrogens is 1. The van der Waals surface area contributed by atoms with E-state index in [1.807, 2.05) is 18.3 Å². The van der Waals surface area contributed by atoms with Crippen molar-refractivity contribution < 1.29 is 4.74 Å². The van der Waals surface area contributed by atoms with E-state index in [1.165, 1.54) is 12.8 Å². The normalized spacial score (nSPS) is 18.8. The van der Waals surface area contributed by atoms with Crippen molar-refractivity contribution >= 4 is 5.82 Å². The van der Waals surface area contributed by atoms with Crippen LogP contribution < -0.4 is 15.0 Å². The molecule has 2 rings (SSSR count). The summed E-state index contributed by atoms with van der Waals surface area (Å²) in [6.07, 6.45) is 6.49. The van der Waals surface area contributed by atoms with Crippen LogP contribution in [0, 0.1) is 0 Å². The van der Waals surface area contributed by atoms with Crippen LogP contribution >= 0.6 is 0 Å². The Labute approximate surface area is 122 Å². The summed E-state index contributed by atoms with van der Waals surface area (Å²) in [4.78, 5) is 7.03. The summed E-state index contributed by atoms with van der Waals surface area (Å²) in [5, 5.41) is 3.50. The highest BCUT2D eigenvalue weighted by molar-refractivity contribution is 5.53. The largest absolute Gasteiger partial charge is 0.490 e. The second-order valence-electron chi connectivity index (χ2n) is 5.37. The van der Waals surface area contributed by atoms with E-state index < -0.39 is 0 Å². The molecule has 0 aromatic carbocycles. The van der Waals surface area contributed by atoms with Crippen LogP contribution in [-0.4, -0.2) is 37.3 Å². The van der Waals surface area contributed by atoms with E-state index in [2.05, 4.69) is 29.0 Å². The van der Waals surface area contributed by atoms with Gasteiger partial charge in [-0.25, -0.2) is 4.98 Å². The quantitative estimate of drug-likeness (QED) is 0.831. The van der Waals surface area contributed by atoms with E-state index in [1.54, 1.807) is 0 Å². The molecule has 1 N–H and O–H groups in total. The number of piperidine rings is 1. The van der Waals surface area contributed by atoms with Crippen molar-refractivity contribution in [2.24, 2.45) is 0 Å². The monoisotopic (exact) mass is 277 g/mol. The maximum Gasteiger partial charge on any atom is 0.171 e. The number of anilines is 1. The number of nitrogens with zero attached hydrogens (tertiary/aromatic N) is 2. The van der Waals surface area contributed by atoms with Crippen LogP contribution in [0.25, 0.3) is 0 Å². The lowest BCUT2D eigenvalue weighted by Crippen LogP contribution is -2.47. The van der Waals surface area contributed by atoms with Gasteiger partial charge < -0.3 is 15.0 Å². The molecule has 0 saturated carbocycles. The lowest BCUT2D eigenvalue weighted by molar-refractivity contribution is 0.314. The second-order valence-corrected chi connectivity index (χ2v) is 5.37. The number of nitrogens with one attached hydrogen (secondary N) is 1. The zero-order chi connectivity index (χ0) is 14.2. The fourth-order valence-electron chi connectivity index (χ4n) is 2.72. The predicted octanol–water partition coefficient (Wildman–Crippen LogP) is 2.84. The minimum Gasteiger partial charge on any atom is -0.490 e. The SMILES string of the molecule is CCCOc1cccnc1N(CCC)C1CCCNC1. The van der Waals surface area contributed by atoms with Gasteiger partial charge in [-0.1, -0.05) is 13.8 Å². The molecule has 0 bridgehead atoms. The molecular weight excluding hydrogens is 250 g/mol. The highest BCUT2D eigenvalue weighted by Gasteiger charge is 2.23. The third-order valence-corrected chi connectivity index (χ3v) is 3.66. The first-order valence-electron chi connectivity index (χ1n) is 7.92. The van der Waals surface area contributed by atoms with Crippen LogP contribution in [-0.2, 0) is 0 Å². The third-order valence-electron chi connectivity index (χ3n) is 3.66. The van der Waals surface area contributed by atoms with E-state index in [9.17, 15) is 0 Å². The Morgan fingerprint density at radius 1 is 1.40 bits per heavy atom. The Hall–Kier alpha value is -1.29. The van der Waals surface area contributed by atoms with Gasteiger partial charge in [0.1, 0.15) is 0 Å². The Balaban J connectivity index is 2.18. The van der Waals surface area contributed by atoms with Crippen LogP contribution in [0.3, 0.4) is 0 Å². The Bertz CT molecular complexity index is 391. The topological polar surface area (TPSA) is 37.4 Å². The van der Waals surface area contributed by atoms with Crippen LogP contribution in [0.15, 0.2) is 18.3 Å². The average Bonchev–Trinajstić information content (AvgIpc) is 2.52. The summed E-state index contributed by atoms with van der Waals surface area (Å²) in [5.74, 6) is 1.94. The van der Waals surface area contributed by atoms with E-state index in [0.717, 1.165) is 50.7 Å². The first kappa shape index (κ1) is 15.1. The number of ether oxygens (including phenoxy) is 1. The first-order chi connectivity index (χ1) is 9.86. The van der Waals surface area contributed by atoms with Gasteiger partial charge in [0.25, 0.3) is 0 Å². The lowest BCUT2D eigenvalue weighted by atomic mass is 10.1. The van der Waals surface area contributed by atoms with Gasteiger partial charge in [0, 0.05) is 25.3 Å². The fraction of sp³-hybridized carbons (Fsp3) is 0.688. The van der Waals surface area contributed by atoms with Crippen molar-refractivity contribution in [3.63, 3.8) is 0 Å². The third kappa shape index (κ3) is 3.85. The molecule has 0 aliphatic carbocycles. The Morgan fingerprint density at radius 2 is 2.30 bits per heavy atom. The van der Waals surface area contributed by atoms with Crippen molar-refractivity contribution in [2.75, 3.05) is 31.1 Å². The van der Waals surface area contributed by atoms with Gasteiger partial charge in [-0.05, 0) is 44.4 Å². The second kappa shape index (κ2) is 8.10. The smallest absolute Gasteiger partial charge is 0.171 e. The highest BCUT2D eigenvalue weighted by Crippen LogP contribution is 2.28. The molecule has 1 aliphatic rings. The van der Waals surface area contributed by atoms with E-state index in [-0.39, 0.29) is 0 Å².